The molecule has 146 valence electrons. The molecule has 2 nitrogen and oxygen atoms in total. The molecule has 3 rings (SSSR count). The summed E-state index contributed by atoms with van der Waals surface area (Å²) in [5.74, 6) is 1.62. The Morgan fingerprint density at radius 3 is 2.33 bits per heavy atom. The van der Waals surface area contributed by atoms with Crippen LogP contribution in [0.3, 0.4) is 0 Å². The van der Waals surface area contributed by atoms with Crippen LogP contribution in [0.5, 0.6) is 5.75 Å². The Bertz CT molecular complexity index is 656. The van der Waals surface area contributed by atoms with Gasteiger partial charge in [-0.3, -0.25) is 0 Å². The monoisotopic (exact) mass is 365 g/mol. The third-order valence-electron chi connectivity index (χ3n) is 5.78. The molecular formula is C25H35NO. The number of hydrogen-bond acceptors (Lipinski definition) is 2. The van der Waals surface area contributed by atoms with Crippen LogP contribution in [-0.4, -0.2) is 31.1 Å². The third kappa shape index (κ3) is 6.70. The van der Waals surface area contributed by atoms with Crippen LogP contribution in [0.25, 0.3) is 0 Å². The average Bonchev–Trinajstić information content (AvgIpc) is 3.21. The SMILES string of the molecule is Cc1ccc(CCCCOc2ccc(C(C)CCN3CCCC3)cc2)cc1. The van der Waals surface area contributed by atoms with Crippen molar-refractivity contribution in [3.05, 3.63) is 65.2 Å². The quantitative estimate of drug-likeness (QED) is 0.480. The Morgan fingerprint density at radius 1 is 0.926 bits per heavy atom. The van der Waals surface area contributed by atoms with E-state index in [1.165, 1.54) is 62.0 Å². The number of rotatable bonds is 10. The molecule has 0 aromatic heterocycles. The van der Waals surface area contributed by atoms with E-state index in [-0.39, 0.29) is 0 Å². The minimum absolute atomic E-state index is 0.620. The van der Waals surface area contributed by atoms with Crippen LogP contribution >= 0.6 is 0 Å². The Labute approximate surface area is 165 Å². The topological polar surface area (TPSA) is 12.5 Å². The molecule has 1 aliphatic rings. The van der Waals surface area contributed by atoms with Gasteiger partial charge in [-0.1, -0.05) is 48.9 Å². The van der Waals surface area contributed by atoms with Gasteiger partial charge >= 0.3 is 0 Å². The molecule has 2 heteroatoms. The lowest BCUT2D eigenvalue weighted by Gasteiger charge is -2.18. The van der Waals surface area contributed by atoms with Gasteiger partial charge in [-0.15, -0.1) is 0 Å². The highest BCUT2D eigenvalue weighted by molar-refractivity contribution is 5.29. The van der Waals surface area contributed by atoms with Crippen molar-refractivity contribution in [2.24, 2.45) is 0 Å². The molecule has 1 heterocycles. The molecule has 1 unspecified atom stereocenters. The zero-order valence-electron chi connectivity index (χ0n) is 17.1. The molecule has 0 aliphatic carbocycles. The maximum atomic E-state index is 5.93. The van der Waals surface area contributed by atoms with Crippen LogP contribution in [0.2, 0.25) is 0 Å². The second-order valence-corrected chi connectivity index (χ2v) is 8.10. The Hall–Kier alpha value is -1.80. The predicted molar refractivity (Wildman–Crippen MR) is 115 cm³/mol. The van der Waals surface area contributed by atoms with Gasteiger partial charge in [-0.2, -0.15) is 0 Å². The average molecular weight is 366 g/mol. The third-order valence-corrected chi connectivity index (χ3v) is 5.78. The fourth-order valence-electron chi connectivity index (χ4n) is 3.82. The number of nitrogens with zero attached hydrogens (tertiary/aromatic N) is 1. The highest BCUT2D eigenvalue weighted by Gasteiger charge is 2.13. The number of benzene rings is 2. The second kappa shape index (κ2) is 10.5. The highest BCUT2D eigenvalue weighted by Crippen LogP contribution is 2.23. The van der Waals surface area contributed by atoms with E-state index in [0.717, 1.165) is 25.2 Å². The lowest BCUT2D eigenvalue weighted by molar-refractivity contribution is 0.306. The number of unbranched alkanes of at least 4 members (excludes halogenated alkanes) is 1. The molecule has 0 N–H and O–H groups in total. The van der Waals surface area contributed by atoms with E-state index in [1.807, 2.05) is 0 Å². The van der Waals surface area contributed by atoms with E-state index in [9.17, 15) is 0 Å². The molecule has 0 saturated carbocycles. The van der Waals surface area contributed by atoms with E-state index in [1.54, 1.807) is 0 Å². The smallest absolute Gasteiger partial charge is 0.119 e. The highest BCUT2D eigenvalue weighted by atomic mass is 16.5. The normalized spacial score (nSPS) is 15.8. The van der Waals surface area contributed by atoms with Crippen LogP contribution in [0.15, 0.2) is 48.5 Å². The fourth-order valence-corrected chi connectivity index (χ4v) is 3.82. The summed E-state index contributed by atoms with van der Waals surface area (Å²) in [6, 6.07) is 17.6. The molecule has 0 amide bonds. The van der Waals surface area contributed by atoms with E-state index < -0.39 is 0 Å². The van der Waals surface area contributed by atoms with Crippen molar-refractivity contribution in [2.45, 2.75) is 58.3 Å². The van der Waals surface area contributed by atoms with Crippen LogP contribution in [0, 0.1) is 6.92 Å². The first-order valence-electron chi connectivity index (χ1n) is 10.7. The van der Waals surface area contributed by atoms with E-state index >= 15 is 0 Å². The summed E-state index contributed by atoms with van der Waals surface area (Å²) in [7, 11) is 0. The van der Waals surface area contributed by atoms with Crippen molar-refractivity contribution in [1.82, 2.24) is 4.90 Å². The number of hydrogen-bond donors (Lipinski definition) is 0. The van der Waals surface area contributed by atoms with Gasteiger partial charge in [0.1, 0.15) is 5.75 Å². The van der Waals surface area contributed by atoms with Gasteiger partial charge in [0.2, 0.25) is 0 Å². The maximum absolute atomic E-state index is 5.93. The van der Waals surface area contributed by atoms with E-state index in [0.29, 0.717) is 5.92 Å². The fraction of sp³-hybridized carbons (Fsp3) is 0.520. The molecule has 0 bridgehead atoms. The number of ether oxygens (including phenoxy) is 1. The molecular weight excluding hydrogens is 330 g/mol. The molecule has 2 aromatic carbocycles. The minimum Gasteiger partial charge on any atom is -0.494 e. The zero-order chi connectivity index (χ0) is 18.9. The summed E-state index contributed by atoms with van der Waals surface area (Å²) in [5, 5.41) is 0. The first kappa shape index (κ1) is 19.9. The van der Waals surface area contributed by atoms with Gasteiger partial charge in [0, 0.05) is 0 Å². The van der Waals surface area contributed by atoms with Gasteiger partial charge in [-0.05, 0) is 94.3 Å². The molecule has 27 heavy (non-hydrogen) atoms. The minimum atomic E-state index is 0.620. The predicted octanol–water partition coefficient (Wildman–Crippen LogP) is 5.99. The van der Waals surface area contributed by atoms with Crippen LogP contribution < -0.4 is 4.74 Å². The molecule has 1 atom stereocenters. The van der Waals surface area contributed by atoms with Gasteiger partial charge in [0.15, 0.2) is 0 Å². The van der Waals surface area contributed by atoms with Crippen molar-refractivity contribution in [1.29, 1.82) is 0 Å². The summed E-state index contributed by atoms with van der Waals surface area (Å²) in [4.78, 5) is 2.60. The Balaban J connectivity index is 1.32. The summed E-state index contributed by atoms with van der Waals surface area (Å²) < 4.78 is 5.93. The van der Waals surface area contributed by atoms with Crippen molar-refractivity contribution in [2.75, 3.05) is 26.2 Å². The molecule has 2 aromatic rings. The largest absolute Gasteiger partial charge is 0.494 e. The number of aryl methyl sites for hydroxylation is 2. The summed E-state index contributed by atoms with van der Waals surface area (Å²) in [5.41, 5.74) is 4.18. The van der Waals surface area contributed by atoms with E-state index in [2.05, 4.69) is 67.3 Å². The number of likely N-dealkylation sites (tertiary alicyclic amines) is 1. The van der Waals surface area contributed by atoms with Crippen molar-refractivity contribution in [3.8, 4) is 5.75 Å². The van der Waals surface area contributed by atoms with Gasteiger partial charge in [-0.25, -0.2) is 0 Å². The molecule has 1 aliphatic heterocycles. The maximum Gasteiger partial charge on any atom is 0.119 e. The van der Waals surface area contributed by atoms with Crippen LogP contribution in [0.1, 0.15) is 61.6 Å². The molecule has 0 spiro atoms. The first-order chi connectivity index (χ1) is 13.2. The lowest BCUT2D eigenvalue weighted by Crippen LogP contribution is -2.21. The van der Waals surface area contributed by atoms with Crippen molar-refractivity contribution >= 4 is 0 Å². The van der Waals surface area contributed by atoms with Crippen LogP contribution in [0.4, 0.5) is 0 Å². The van der Waals surface area contributed by atoms with Gasteiger partial charge in [0.25, 0.3) is 0 Å². The molecule has 0 radical (unpaired) electrons. The van der Waals surface area contributed by atoms with Crippen molar-refractivity contribution < 1.29 is 4.74 Å². The van der Waals surface area contributed by atoms with Crippen LogP contribution in [-0.2, 0) is 6.42 Å². The van der Waals surface area contributed by atoms with Crippen molar-refractivity contribution in [3.63, 3.8) is 0 Å². The first-order valence-corrected chi connectivity index (χ1v) is 10.7. The summed E-state index contributed by atoms with van der Waals surface area (Å²) in [6.45, 7) is 9.11. The Morgan fingerprint density at radius 2 is 1.63 bits per heavy atom. The molecule has 1 saturated heterocycles. The Kier molecular flexibility index (Phi) is 7.77. The lowest BCUT2D eigenvalue weighted by atomic mass is 9.97. The summed E-state index contributed by atoms with van der Waals surface area (Å²) in [6.07, 6.45) is 7.42. The second-order valence-electron chi connectivity index (χ2n) is 8.10. The summed E-state index contributed by atoms with van der Waals surface area (Å²) >= 11 is 0. The standard InChI is InChI=1S/C25H35NO/c1-21-8-10-23(11-9-21)7-3-6-20-27-25-14-12-24(13-15-25)22(2)16-19-26-17-4-5-18-26/h8-15,22H,3-7,16-20H2,1-2H3. The van der Waals surface area contributed by atoms with Gasteiger partial charge < -0.3 is 9.64 Å². The van der Waals surface area contributed by atoms with Gasteiger partial charge in [0.05, 0.1) is 6.61 Å². The van der Waals surface area contributed by atoms with E-state index in [4.69, 9.17) is 4.74 Å². The zero-order valence-corrected chi connectivity index (χ0v) is 17.1. The molecule has 1 fully saturated rings.